The van der Waals surface area contributed by atoms with Crippen molar-refractivity contribution in [1.82, 2.24) is 0 Å². The van der Waals surface area contributed by atoms with Gasteiger partial charge in [0.1, 0.15) is 5.69 Å². The molecule has 2 aromatic carbocycles. The number of rotatable bonds is 28. The van der Waals surface area contributed by atoms with Crippen molar-refractivity contribution >= 4 is 11.8 Å². The number of nitrogens with zero attached hydrogens (tertiary/aromatic N) is 2. The molecule has 48 heavy (non-hydrogen) atoms. The monoisotopic (exact) mass is 658 g/mol. The highest BCUT2D eigenvalue weighted by Crippen LogP contribution is 2.28. The maximum absolute atomic E-state index is 5.18. The van der Waals surface area contributed by atoms with E-state index in [0.29, 0.717) is 0 Å². The van der Waals surface area contributed by atoms with E-state index in [0.717, 1.165) is 12.2 Å². The van der Waals surface area contributed by atoms with Crippen molar-refractivity contribution in [3.63, 3.8) is 0 Å². The van der Waals surface area contributed by atoms with Gasteiger partial charge in [0.25, 0.3) is 0 Å². The van der Waals surface area contributed by atoms with Gasteiger partial charge in [-0.25, -0.2) is 0 Å². The van der Waals surface area contributed by atoms with Crippen LogP contribution in [0.5, 0.6) is 0 Å². The average molecular weight is 658 g/mol. The van der Waals surface area contributed by atoms with Gasteiger partial charge in [-0.05, 0) is 128 Å². The van der Waals surface area contributed by atoms with Crippen LogP contribution in [0.1, 0.15) is 202 Å². The van der Waals surface area contributed by atoms with E-state index in [9.17, 15) is 0 Å². The van der Waals surface area contributed by atoms with Crippen LogP contribution < -0.4 is 0 Å². The SMILES string of the molecule is CCCCCCCCc1cc(N=[N+](C=Cc2cc(C)c(CCCCCCCC)c(CCCC)c2)CC)cc(C)c1CCCCCCCC. The summed E-state index contributed by atoms with van der Waals surface area (Å²) >= 11 is 0. The molecule has 0 saturated heterocycles. The lowest BCUT2D eigenvalue weighted by atomic mass is 9.91. The summed E-state index contributed by atoms with van der Waals surface area (Å²) in [4.78, 5) is 0. The van der Waals surface area contributed by atoms with Crippen LogP contribution in [0.15, 0.2) is 35.6 Å². The molecule has 0 radical (unpaired) electrons. The summed E-state index contributed by atoms with van der Waals surface area (Å²) in [6.07, 6.45) is 36.2. The Balaban J connectivity index is 2.24. The van der Waals surface area contributed by atoms with Gasteiger partial charge in [0.05, 0.1) is 0 Å². The van der Waals surface area contributed by atoms with Crippen LogP contribution in [0.3, 0.4) is 0 Å². The minimum absolute atomic E-state index is 0.861. The van der Waals surface area contributed by atoms with E-state index in [1.807, 2.05) is 0 Å². The number of hydrogen-bond acceptors (Lipinski definition) is 1. The van der Waals surface area contributed by atoms with Gasteiger partial charge in [-0.15, -0.1) is 0 Å². The molecule has 0 aromatic heterocycles. The van der Waals surface area contributed by atoms with E-state index in [-0.39, 0.29) is 0 Å². The fourth-order valence-electron chi connectivity index (χ4n) is 7.26. The molecular formula is C46H77N2+. The van der Waals surface area contributed by atoms with E-state index in [1.54, 1.807) is 22.3 Å². The van der Waals surface area contributed by atoms with Gasteiger partial charge in [-0.2, -0.15) is 0 Å². The largest absolute Gasteiger partial charge is 0.196 e. The van der Waals surface area contributed by atoms with Gasteiger partial charge < -0.3 is 0 Å². The molecule has 0 saturated carbocycles. The molecule has 0 amide bonds. The third-order valence-corrected chi connectivity index (χ3v) is 10.3. The number of aryl methyl sites for hydroxylation is 4. The molecule has 270 valence electrons. The highest BCUT2D eigenvalue weighted by atomic mass is 15.2. The zero-order valence-corrected chi connectivity index (χ0v) is 33.0. The molecule has 0 aliphatic heterocycles. The Morgan fingerprint density at radius 3 is 1.44 bits per heavy atom. The van der Waals surface area contributed by atoms with Gasteiger partial charge in [0.15, 0.2) is 12.7 Å². The van der Waals surface area contributed by atoms with Crippen LogP contribution in [-0.4, -0.2) is 11.2 Å². The van der Waals surface area contributed by atoms with E-state index in [1.165, 1.54) is 171 Å². The van der Waals surface area contributed by atoms with Crippen molar-refractivity contribution in [3.05, 3.63) is 69.4 Å². The van der Waals surface area contributed by atoms with Crippen LogP contribution >= 0.6 is 0 Å². The first-order chi connectivity index (χ1) is 23.5. The topological polar surface area (TPSA) is 15.4 Å². The second-order valence-corrected chi connectivity index (χ2v) is 14.7. The molecule has 2 nitrogen and oxygen atoms in total. The molecule has 0 spiro atoms. The first-order valence-electron chi connectivity index (χ1n) is 20.9. The number of azo groups is 2. The fraction of sp³-hybridized carbons (Fsp3) is 0.696. The molecule has 0 N–H and O–H groups in total. The Labute approximate surface area is 299 Å². The molecule has 0 unspecified atom stereocenters. The highest BCUT2D eigenvalue weighted by molar-refractivity contribution is 5.54. The summed E-state index contributed by atoms with van der Waals surface area (Å²) in [5.41, 5.74) is 11.7. The number of hydrogen-bond donors (Lipinski definition) is 0. The quantitative estimate of drug-likeness (QED) is 0.0491. The van der Waals surface area contributed by atoms with E-state index < -0.39 is 0 Å². The standard InChI is InChI=1S/C46H77N2/c1-8-13-17-20-23-26-30-43-38-44(36-40(7)46(43)32-28-25-22-19-15-10-3)47-48(12-5)34-33-41-35-39(6)45(42(37-41)29-16-11-4)31-27-24-21-18-14-9-2/h33-38H,8-32H2,1-7H3/q+1. The minimum Gasteiger partial charge on any atom is -0.0910 e. The lowest BCUT2D eigenvalue weighted by molar-refractivity contribution is -0.519. The van der Waals surface area contributed by atoms with Crippen molar-refractivity contribution in [1.29, 1.82) is 0 Å². The van der Waals surface area contributed by atoms with Crippen LogP contribution in [-0.2, 0) is 25.7 Å². The Morgan fingerprint density at radius 1 is 0.479 bits per heavy atom. The molecule has 2 heteroatoms. The summed E-state index contributed by atoms with van der Waals surface area (Å²) in [7, 11) is 0. The van der Waals surface area contributed by atoms with Crippen LogP contribution in [0.25, 0.3) is 6.08 Å². The van der Waals surface area contributed by atoms with Crippen molar-refractivity contribution in [2.75, 3.05) is 6.54 Å². The van der Waals surface area contributed by atoms with E-state index in [4.69, 9.17) is 5.11 Å². The summed E-state index contributed by atoms with van der Waals surface area (Å²) in [6.45, 7) is 17.0. The summed E-state index contributed by atoms with van der Waals surface area (Å²) in [5, 5.41) is 5.18. The zero-order valence-electron chi connectivity index (χ0n) is 33.0. The molecule has 0 bridgehead atoms. The van der Waals surface area contributed by atoms with Gasteiger partial charge in [0.2, 0.25) is 0 Å². The van der Waals surface area contributed by atoms with Crippen molar-refractivity contribution in [3.8, 4) is 0 Å². The van der Waals surface area contributed by atoms with Crippen LogP contribution in [0.4, 0.5) is 5.69 Å². The molecule has 2 aromatic rings. The zero-order chi connectivity index (χ0) is 34.8. The minimum atomic E-state index is 0.861. The summed E-state index contributed by atoms with van der Waals surface area (Å²) in [5.74, 6) is 0. The third-order valence-electron chi connectivity index (χ3n) is 10.3. The predicted octanol–water partition coefficient (Wildman–Crippen LogP) is 15.1. The fourth-order valence-corrected chi connectivity index (χ4v) is 7.26. The van der Waals surface area contributed by atoms with Crippen molar-refractivity contribution in [2.24, 2.45) is 5.11 Å². The molecule has 0 fully saturated rings. The van der Waals surface area contributed by atoms with Gasteiger partial charge in [0, 0.05) is 6.08 Å². The number of unbranched alkanes of at least 4 members (excludes halogenated alkanes) is 16. The molecule has 0 aliphatic rings. The lowest BCUT2D eigenvalue weighted by Gasteiger charge is -2.14. The Morgan fingerprint density at radius 2 is 0.917 bits per heavy atom. The maximum atomic E-state index is 5.18. The van der Waals surface area contributed by atoms with Gasteiger partial charge in [-0.3, -0.25) is 0 Å². The number of benzene rings is 2. The molecule has 0 aliphatic carbocycles. The first-order valence-corrected chi connectivity index (χ1v) is 20.9. The maximum Gasteiger partial charge on any atom is 0.196 e. The van der Waals surface area contributed by atoms with Crippen LogP contribution in [0.2, 0.25) is 0 Å². The highest BCUT2D eigenvalue weighted by Gasteiger charge is 2.12. The Hall–Kier alpha value is -2.22. The lowest BCUT2D eigenvalue weighted by Crippen LogP contribution is -2.02. The second-order valence-electron chi connectivity index (χ2n) is 14.7. The molecular weight excluding hydrogens is 581 g/mol. The smallest absolute Gasteiger partial charge is 0.0910 e. The van der Waals surface area contributed by atoms with Gasteiger partial charge in [-0.1, -0.05) is 147 Å². The van der Waals surface area contributed by atoms with Crippen LogP contribution in [0, 0.1) is 13.8 Å². The molecule has 0 heterocycles. The summed E-state index contributed by atoms with van der Waals surface area (Å²) < 4.78 is 2.14. The average Bonchev–Trinajstić information content (AvgIpc) is 3.08. The predicted molar refractivity (Wildman–Crippen MR) is 214 cm³/mol. The normalized spacial score (nSPS) is 12.1. The Bertz CT molecular complexity index is 1190. The second kappa shape index (κ2) is 26.6. The Kier molecular flexibility index (Phi) is 23.3. The van der Waals surface area contributed by atoms with Gasteiger partial charge >= 0.3 is 0 Å². The summed E-state index contributed by atoms with van der Waals surface area (Å²) in [6, 6.07) is 9.65. The third kappa shape index (κ3) is 16.9. The molecule has 0 atom stereocenters. The van der Waals surface area contributed by atoms with Crippen molar-refractivity contribution in [2.45, 2.75) is 203 Å². The van der Waals surface area contributed by atoms with Crippen molar-refractivity contribution < 1.29 is 4.70 Å². The molecule has 2 rings (SSSR count). The van der Waals surface area contributed by atoms with E-state index >= 15 is 0 Å². The first kappa shape index (κ1) is 41.9. The van der Waals surface area contributed by atoms with E-state index in [2.05, 4.69) is 89.7 Å².